The average molecular weight is 822 g/mol. The molecule has 1 aliphatic heterocycles. The lowest BCUT2D eigenvalue weighted by molar-refractivity contribution is 0.310. The van der Waals surface area contributed by atoms with E-state index >= 15 is 0 Å². The Labute approximate surface area is 370 Å². The van der Waals surface area contributed by atoms with Gasteiger partial charge in [0.05, 0.1) is 11.4 Å². The van der Waals surface area contributed by atoms with Crippen LogP contribution in [-0.4, -0.2) is 10.2 Å². The molecule has 0 amide bonds. The number of rotatable bonds is 4. The number of aryl methyl sites for hydroxylation is 3. The minimum Gasteiger partial charge on any atom is -0.506 e. The zero-order valence-electron chi connectivity index (χ0n) is 37.2. The van der Waals surface area contributed by atoms with E-state index in [1.807, 2.05) is 31.2 Å². The highest BCUT2D eigenvalue weighted by Crippen LogP contribution is 2.59. The van der Waals surface area contributed by atoms with Gasteiger partial charge in [-0.1, -0.05) is 137 Å². The number of phenols is 2. The normalized spacial score (nSPS) is 14.8. The van der Waals surface area contributed by atoms with Crippen molar-refractivity contribution in [3.05, 3.63) is 190 Å². The quantitative estimate of drug-likeness (QED) is 0.186. The van der Waals surface area contributed by atoms with E-state index in [0.717, 1.165) is 61.4 Å². The fourth-order valence-corrected chi connectivity index (χ4v) is 11.3. The van der Waals surface area contributed by atoms with Gasteiger partial charge in [-0.3, -0.25) is 4.90 Å². The molecule has 2 aliphatic carbocycles. The summed E-state index contributed by atoms with van der Waals surface area (Å²) in [6, 6.07) is 49.7. The molecule has 0 unspecified atom stereocenters. The van der Waals surface area contributed by atoms with E-state index in [-0.39, 0.29) is 28.9 Å². The molecule has 1 heterocycles. The molecule has 0 spiro atoms. The summed E-state index contributed by atoms with van der Waals surface area (Å²) >= 11 is 0. The van der Waals surface area contributed by atoms with Gasteiger partial charge in [0.1, 0.15) is 29.5 Å². The number of nitrogens with zero attached hydrogens (tertiary/aromatic N) is 1. The van der Waals surface area contributed by atoms with Crippen molar-refractivity contribution >= 4 is 17.1 Å². The molecule has 8 aromatic carbocycles. The van der Waals surface area contributed by atoms with Crippen LogP contribution in [0.4, 0.5) is 17.1 Å². The molecule has 2 N–H and O–H groups in total. The molecule has 63 heavy (non-hydrogen) atoms. The van der Waals surface area contributed by atoms with E-state index in [1.54, 1.807) is 0 Å². The second kappa shape index (κ2) is 13.7. The number of hydrogen-bond acceptors (Lipinski definition) is 4. The monoisotopic (exact) mass is 821 g/mol. The molecular formula is C59H51NO3. The van der Waals surface area contributed by atoms with Crippen LogP contribution in [0, 0.1) is 27.7 Å². The van der Waals surface area contributed by atoms with Gasteiger partial charge in [0.25, 0.3) is 0 Å². The van der Waals surface area contributed by atoms with Crippen LogP contribution in [0.3, 0.4) is 0 Å². The molecule has 0 fully saturated rings. The Morgan fingerprint density at radius 3 is 1.54 bits per heavy atom. The molecule has 0 bridgehead atoms. The Morgan fingerprint density at radius 1 is 0.460 bits per heavy atom. The van der Waals surface area contributed by atoms with Crippen molar-refractivity contribution in [3.8, 4) is 72.9 Å². The van der Waals surface area contributed by atoms with Gasteiger partial charge in [0.2, 0.25) is 0 Å². The van der Waals surface area contributed by atoms with Gasteiger partial charge in [-0.05, 0) is 153 Å². The highest BCUT2D eigenvalue weighted by atomic mass is 16.5. The number of ether oxygens (including phenoxy) is 1. The molecule has 11 rings (SSSR count). The maximum atomic E-state index is 12.5. The van der Waals surface area contributed by atoms with Gasteiger partial charge in [0, 0.05) is 22.0 Å². The zero-order valence-corrected chi connectivity index (χ0v) is 37.2. The zero-order chi connectivity index (χ0) is 43.7. The molecule has 310 valence electrons. The summed E-state index contributed by atoms with van der Waals surface area (Å²) in [7, 11) is 0. The highest BCUT2D eigenvalue weighted by molar-refractivity contribution is 5.99. The molecule has 0 aromatic heterocycles. The number of phenolic OH excluding ortho intramolecular Hbond substituents is 2. The fourth-order valence-electron chi connectivity index (χ4n) is 11.3. The van der Waals surface area contributed by atoms with Crippen LogP contribution >= 0.6 is 0 Å². The van der Waals surface area contributed by atoms with Crippen LogP contribution < -0.4 is 9.64 Å². The fraction of sp³-hybridized carbons (Fsp3) is 0.186. The molecule has 3 aliphatic rings. The molecule has 0 radical (unpaired) electrons. The van der Waals surface area contributed by atoms with E-state index in [1.165, 1.54) is 50.1 Å². The molecule has 8 aromatic rings. The SMILES string of the molecule is Cc1ccccc1-c1cc(O)c(N2c3c(C)cc(-c4cccc5c4-c4ccccc4C5(C)C)cc3COc3cc(-c4cccc5c4-c4ccccc4C5(C)C)cc(C)c32)c(O)c1C. The largest absolute Gasteiger partial charge is 0.506 e. The smallest absolute Gasteiger partial charge is 0.146 e. The summed E-state index contributed by atoms with van der Waals surface area (Å²) in [6.45, 7) is 17.8. The van der Waals surface area contributed by atoms with Crippen LogP contribution in [0.1, 0.15) is 77.8 Å². The molecular weight excluding hydrogens is 771 g/mol. The first-order chi connectivity index (χ1) is 30.3. The predicted molar refractivity (Wildman–Crippen MR) is 259 cm³/mol. The summed E-state index contributed by atoms with van der Waals surface area (Å²) in [5.41, 5.74) is 23.0. The lowest BCUT2D eigenvalue weighted by Crippen LogP contribution is -2.15. The first kappa shape index (κ1) is 38.9. The van der Waals surface area contributed by atoms with Gasteiger partial charge in [0.15, 0.2) is 0 Å². The number of hydrogen-bond donors (Lipinski definition) is 2. The predicted octanol–water partition coefficient (Wildman–Crippen LogP) is 15.3. The Morgan fingerprint density at radius 2 is 0.952 bits per heavy atom. The summed E-state index contributed by atoms with van der Waals surface area (Å²) in [4.78, 5) is 2.07. The Kier molecular flexibility index (Phi) is 8.47. The topological polar surface area (TPSA) is 52.9 Å². The van der Waals surface area contributed by atoms with Gasteiger partial charge in [-0.25, -0.2) is 0 Å². The van der Waals surface area contributed by atoms with Crippen molar-refractivity contribution in [2.45, 2.75) is 72.8 Å². The number of anilines is 3. The second-order valence-electron chi connectivity index (χ2n) is 18.9. The van der Waals surface area contributed by atoms with E-state index in [9.17, 15) is 10.2 Å². The van der Waals surface area contributed by atoms with Crippen LogP contribution in [-0.2, 0) is 17.4 Å². The van der Waals surface area contributed by atoms with Crippen LogP contribution in [0.5, 0.6) is 17.2 Å². The van der Waals surface area contributed by atoms with Crippen molar-refractivity contribution in [3.63, 3.8) is 0 Å². The third-order valence-corrected chi connectivity index (χ3v) is 14.5. The minimum atomic E-state index is -0.138. The Balaban J connectivity index is 1.14. The van der Waals surface area contributed by atoms with Crippen molar-refractivity contribution in [1.82, 2.24) is 0 Å². The number of aromatic hydroxyl groups is 2. The van der Waals surface area contributed by atoms with Crippen LogP contribution in [0.15, 0.2) is 140 Å². The van der Waals surface area contributed by atoms with Gasteiger partial charge in [-0.2, -0.15) is 0 Å². The van der Waals surface area contributed by atoms with Crippen molar-refractivity contribution in [2.24, 2.45) is 0 Å². The summed E-state index contributed by atoms with van der Waals surface area (Å²) in [5, 5.41) is 24.9. The lowest BCUT2D eigenvalue weighted by atomic mass is 9.82. The van der Waals surface area contributed by atoms with Gasteiger partial charge < -0.3 is 14.9 Å². The second-order valence-corrected chi connectivity index (χ2v) is 18.9. The van der Waals surface area contributed by atoms with E-state index in [4.69, 9.17) is 4.74 Å². The maximum Gasteiger partial charge on any atom is 0.146 e. The molecule has 0 saturated heterocycles. The maximum absolute atomic E-state index is 12.5. The third-order valence-electron chi connectivity index (χ3n) is 14.5. The van der Waals surface area contributed by atoms with Gasteiger partial charge >= 0.3 is 0 Å². The van der Waals surface area contributed by atoms with E-state index in [2.05, 4.69) is 169 Å². The minimum absolute atomic E-state index is 0.0125. The number of benzene rings is 8. The Hall–Kier alpha value is -7.04. The average Bonchev–Trinajstić information content (AvgIpc) is 3.57. The highest BCUT2D eigenvalue weighted by Gasteiger charge is 2.39. The third kappa shape index (κ3) is 5.53. The molecule has 4 heteroatoms. The van der Waals surface area contributed by atoms with E-state index < -0.39 is 0 Å². The molecule has 0 atom stereocenters. The first-order valence-corrected chi connectivity index (χ1v) is 22.1. The molecule has 0 saturated carbocycles. The summed E-state index contributed by atoms with van der Waals surface area (Å²) < 4.78 is 7.04. The summed E-state index contributed by atoms with van der Waals surface area (Å²) in [6.07, 6.45) is 0. The Bertz CT molecular complexity index is 3090. The van der Waals surface area contributed by atoms with Gasteiger partial charge in [-0.15, -0.1) is 0 Å². The van der Waals surface area contributed by atoms with Crippen molar-refractivity contribution in [1.29, 1.82) is 0 Å². The van der Waals surface area contributed by atoms with Crippen molar-refractivity contribution in [2.75, 3.05) is 4.90 Å². The van der Waals surface area contributed by atoms with Crippen LogP contribution in [0.25, 0.3) is 55.6 Å². The van der Waals surface area contributed by atoms with Crippen LogP contribution in [0.2, 0.25) is 0 Å². The standard InChI is InChI=1S/C59H51NO3/c1-33-17-9-10-18-40(33)45-31-50(61)56(57(62)36(45)4)60-54-34(2)27-37(41-21-15-25-48-52(41)43-19-11-13-23-46(43)58(48,5)6)29-39(54)32-63-51-30-38(28-35(3)55(51)60)42-22-16-26-49-53(42)44-20-12-14-24-47(44)59(49,7)8/h9-31,61-62H,32H2,1-8H3. The van der Waals surface area contributed by atoms with Crippen molar-refractivity contribution < 1.29 is 14.9 Å². The summed E-state index contributed by atoms with van der Waals surface area (Å²) in [5.74, 6) is 0.695. The first-order valence-electron chi connectivity index (χ1n) is 22.1. The lowest BCUT2D eigenvalue weighted by Gasteiger charge is -2.31. The van der Waals surface area contributed by atoms with E-state index in [0.29, 0.717) is 17.0 Å². The number of fused-ring (bicyclic) bond motifs is 8. The molecule has 4 nitrogen and oxygen atoms in total.